The molecule has 1 aliphatic carbocycles. The van der Waals surface area contributed by atoms with E-state index in [0.717, 1.165) is 39.2 Å². The van der Waals surface area contributed by atoms with Crippen LogP contribution in [-0.2, 0) is 12.6 Å². The molecule has 0 radical (unpaired) electrons. The highest BCUT2D eigenvalue weighted by atomic mass is 32.1. The monoisotopic (exact) mass is 458 g/mol. The quantitative estimate of drug-likeness (QED) is 0.364. The van der Waals surface area contributed by atoms with Gasteiger partial charge in [-0.25, -0.2) is 0 Å². The minimum Gasteiger partial charge on any atom is -0.359 e. The van der Waals surface area contributed by atoms with Crippen LogP contribution in [0, 0.1) is 0 Å². The number of hydrogen-bond acceptors (Lipinski definition) is 6. The maximum atomic E-state index is 12.7. The summed E-state index contributed by atoms with van der Waals surface area (Å²) in [4.78, 5) is 0. The van der Waals surface area contributed by atoms with Gasteiger partial charge in [0.15, 0.2) is 0 Å². The fourth-order valence-electron chi connectivity index (χ4n) is 3.68. The second kappa shape index (κ2) is 8.18. The minimum atomic E-state index is -4.33. The van der Waals surface area contributed by atoms with Crippen LogP contribution in [0.2, 0.25) is 0 Å². The van der Waals surface area contributed by atoms with Gasteiger partial charge in [-0.05, 0) is 55.2 Å². The first kappa shape index (κ1) is 20.9. The van der Waals surface area contributed by atoms with E-state index in [9.17, 15) is 13.2 Å². The Balaban J connectivity index is 1.21. The Kier molecular flexibility index (Phi) is 5.34. The summed E-state index contributed by atoms with van der Waals surface area (Å²) in [5.41, 5.74) is 9.38. The molecule has 1 saturated carbocycles. The molecule has 166 valence electrons. The largest absolute Gasteiger partial charge is 0.416 e. The Labute approximate surface area is 186 Å². The van der Waals surface area contributed by atoms with E-state index in [1.54, 1.807) is 0 Å². The third-order valence-electron chi connectivity index (χ3n) is 5.54. The van der Waals surface area contributed by atoms with E-state index in [4.69, 9.17) is 5.73 Å². The molecule has 2 aromatic carbocycles. The van der Waals surface area contributed by atoms with Crippen LogP contribution in [0.3, 0.4) is 0 Å². The third kappa shape index (κ3) is 4.46. The van der Waals surface area contributed by atoms with Gasteiger partial charge in [-0.3, -0.25) is 5.10 Å². The molecule has 1 unspecified atom stereocenters. The van der Waals surface area contributed by atoms with Crippen molar-refractivity contribution in [3.8, 4) is 10.6 Å². The molecule has 32 heavy (non-hydrogen) atoms. The Morgan fingerprint density at radius 1 is 1.12 bits per heavy atom. The van der Waals surface area contributed by atoms with Gasteiger partial charge in [0.1, 0.15) is 5.01 Å². The Morgan fingerprint density at radius 3 is 2.62 bits per heavy atom. The van der Waals surface area contributed by atoms with Gasteiger partial charge in [0.2, 0.25) is 5.13 Å². The predicted octanol–water partition coefficient (Wildman–Crippen LogP) is 4.96. The minimum absolute atomic E-state index is 0.275. The van der Waals surface area contributed by atoms with Crippen molar-refractivity contribution >= 4 is 27.4 Å². The average Bonchev–Trinajstić information content (AvgIpc) is 3.34. The molecule has 10 heteroatoms. The molecular weight excluding hydrogens is 437 g/mol. The molecule has 0 aliphatic heterocycles. The lowest BCUT2D eigenvalue weighted by atomic mass is 10.0. The van der Waals surface area contributed by atoms with Crippen molar-refractivity contribution in [3.63, 3.8) is 0 Å². The summed E-state index contributed by atoms with van der Waals surface area (Å²) in [5, 5.41) is 21.8. The third-order valence-corrected chi connectivity index (χ3v) is 6.47. The molecule has 4 N–H and O–H groups in total. The van der Waals surface area contributed by atoms with Crippen molar-refractivity contribution in [1.29, 1.82) is 0 Å². The summed E-state index contributed by atoms with van der Waals surface area (Å²) in [6.07, 6.45) is -1.49. The normalized spacial score (nSPS) is 15.2. The van der Waals surface area contributed by atoms with E-state index >= 15 is 0 Å². The van der Waals surface area contributed by atoms with Crippen LogP contribution in [0.15, 0.2) is 42.5 Å². The van der Waals surface area contributed by atoms with Gasteiger partial charge in [0.25, 0.3) is 0 Å². The number of nitrogens with one attached hydrogen (secondary N) is 2. The molecule has 1 fully saturated rings. The Morgan fingerprint density at radius 2 is 1.91 bits per heavy atom. The number of aromatic nitrogens is 4. The number of H-pyrrole nitrogens is 1. The zero-order chi connectivity index (χ0) is 22.3. The first-order valence-electron chi connectivity index (χ1n) is 10.3. The summed E-state index contributed by atoms with van der Waals surface area (Å²) in [6, 6.07) is 10.9. The van der Waals surface area contributed by atoms with Gasteiger partial charge in [-0.2, -0.15) is 18.3 Å². The molecule has 0 amide bonds. The van der Waals surface area contributed by atoms with Crippen LogP contribution in [0.4, 0.5) is 18.3 Å². The van der Waals surface area contributed by atoms with Crippen molar-refractivity contribution in [2.24, 2.45) is 5.73 Å². The van der Waals surface area contributed by atoms with Gasteiger partial charge < -0.3 is 11.1 Å². The van der Waals surface area contributed by atoms with Crippen LogP contribution < -0.4 is 11.1 Å². The second-order valence-electron chi connectivity index (χ2n) is 8.10. The van der Waals surface area contributed by atoms with Crippen LogP contribution in [0.1, 0.15) is 35.6 Å². The lowest BCUT2D eigenvalue weighted by molar-refractivity contribution is -0.137. The SMILES string of the molecule is NC(CNc1nnc(-c2ccc3n[nH]c(C4CC4)c3c2)s1)Cc1ccc(C(F)(F)F)cc1. The van der Waals surface area contributed by atoms with E-state index in [-0.39, 0.29) is 6.04 Å². The highest BCUT2D eigenvalue weighted by Crippen LogP contribution is 2.42. The Hall–Kier alpha value is -2.98. The lowest BCUT2D eigenvalue weighted by Crippen LogP contribution is -2.31. The zero-order valence-electron chi connectivity index (χ0n) is 17.0. The van der Waals surface area contributed by atoms with Crippen molar-refractivity contribution < 1.29 is 13.2 Å². The fraction of sp³-hybridized carbons (Fsp3) is 0.318. The van der Waals surface area contributed by atoms with Gasteiger partial charge in [0.05, 0.1) is 11.1 Å². The van der Waals surface area contributed by atoms with E-state index < -0.39 is 11.7 Å². The predicted molar refractivity (Wildman–Crippen MR) is 119 cm³/mol. The molecular formula is C22H21F3N6S. The molecule has 5 rings (SSSR count). The van der Waals surface area contributed by atoms with Crippen molar-refractivity contribution in [2.45, 2.75) is 37.4 Å². The number of hydrogen-bond donors (Lipinski definition) is 3. The van der Waals surface area contributed by atoms with Crippen molar-refractivity contribution in [3.05, 3.63) is 59.3 Å². The van der Waals surface area contributed by atoms with E-state index in [0.29, 0.717) is 24.0 Å². The number of rotatable bonds is 7. The summed E-state index contributed by atoms with van der Waals surface area (Å²) >= 11 is 1.44. The van der Waals surface area contributed by atoms with E-state index in [1.807, 2.05) is 12.1 Å². The topological polar surface area (TPSA) is 92.5 Å². The second-order valence-corrected chi connectivity index (χ2v) is 9.07. The van der Waals surface area contributed by atoms with Crippen molar-refractivity contribution in [1.82, 2.24) is 20.4 Å². The standard InChI is InChI=1S/C22H21F3N6S/c23-22(24,25)15-6-1-12(2-7-15)9-16(26)11-27-21-31-30-20(32-21)14-5-8-18-17(10-14)19(29-28-18)13-3-4-13/h1-2,5-8,10,13,16H,3-4,9,11,26H2,(H,27,31)(H,28,29). The molecule has 0 saturated heterocycles. The summed E-state index contributed by atoms with van der Waals surface area (Å²) in [7, 11) is 0. The smallest absolute Gasteiger partial charge is 0.359 e. The molecule has 6 nitrogen and oxygen atoms in total. The van der Waals surface area contributed by atoms with E-state index in [2.05, 4.69) is 31.8 Å². The summed E-state index contributed by atoms with van der Waals surface area (Å²) in [6.45, 7) is 0.433. The fourth-order valence-corrected chi connectivity index (χ4v) is 4.43. The average molecular weight is 459 g/mol. The van der Waals surface area contributed by atoms with Crippen LogP contribution in [0.5, 0.6) is 0 Å². The van der Waals surface area contributed by atoms with Gasteiger partial charge >= 0.3 is 6.18 Å². The first-order chi connectivity index (χ1) is 15.4. The van der Waals surface area contributed by atoms with Gasteiger partial charge in [-0.1, -0.05) is 23.5 Å². The maximum Gasteiger partial charge on any atom is 0.416 e. The summed E-state index contributed by atoms with van der Waals surface area (Å²) < 4.78 is 38.0. The van der Waals surface area contributed by atoms with Crippen LogP contribution in [-0.4, -0.2) is 33.0 Å². The molecule has 0 spiro atoms. The Bertz CT molecular complexity index is 1230. The number of fused-ring (bicyclic) bond motifs is 1. The maximum absolute atomic E-state index is 12.7. The number of nitrogens with two attached hydrogens (primary N) is 1. The summed E-state index contributed by atoms with van der Waals surface area (Å²) in [5.74, 6) is 0.577. The highest BCUT2D eigenvalue weighted by Gasteiger charge is 2.30. The molecule has 2 aromatic heterocycles. The number of benzene rings is 2. The first-order valence-corrected chi connectivity index (χ1v) is 11.2. The highest BCUT2D eigenvalue weighted by molar-refractivity contribution is 7.18. The molecule has 2 heterocycles. The zero-order valence-corrected chi connectivity index (χ0v) is 17.8. The lowest BCUT2D eigenvalue weighted by Gasteiger charge is -2.13. The molecule has 4 aromatic rings. The van der Waals surface area contributed by atoms with E-state index in [1.165, 1.54) is 42.0 Å². The van der Waals surface area contributed by atoms with Gasteiger partial charge in [-0.15, -0.1) is 10.2 Å². The number of anilines is 1. The number of halogens is 3. The number of alkyl halides is 3. The van der Waals surface area contributed by atoms with Crippen molar-refractivity contribution in [2.75, 3.05) is 11.9 Å². The number of aromatic amines is 1. The molecule has 0 bridgehead atoms. The van der Waals surface area contributed by atoms with Crippen LogP contribution in [0.25, 0.3) is 21.5 Å². The number of nitrogens with zero attached hydrogens (tertiary/aromatic N) is 3. The molecule has 1 atom stereocenters. The molecule has 1 aliphatic rings. The van der Waals surface area contributed by atoms with Crippen LogP contribution >= 0.6 is 11.3 Å². The van der Waals surface area contributed by atoms with Gasteiger partial charge in [0, 0.05) is 35.1 Å².